The van der Waals surface area contributed by atoms with Gasteiger partial charge in [-0.3, -0.25) is 4.79 Å². The minimum atomic E-state index is -0.0677. The molecule has 0 aliphatic heterocycles. The lowest BCUT2D eigenvalue weighted by molar-refractivity contribution is -0.115. The van der Waals surface area contributed by atoms with Crippen molar-refractivity contribution >= 4 is 17.3 Å². The SMILES string of the molecule is Nc1ccc(O)cc1.O=C(Cc1ccccc1)Nc1ccc(O)cc1. The number of phenolic OH excluding ortho intramolecular Hbond substituents is 2. The lowest BCUT2D eigenvalue weighted by Crippen LogP contribution is -2.14. The van der Waals surface area contributed by atoms with Crippen molar-refractivity contribution in [3.63, 3.8) is 0 Å². The summed E-state index contributed by atoms with van der Waals surface area (Å²) in [6.45, 7) is 0. The zero-order chi connectivity index (χ0) is 18.1. The Morgan fingerprint density at radius 3 is 1.84 bits per heavy atom. The van der Waals surface area contributed by atoms with Crippen LogP contribution in [0, 0.1) is 0 Å². The number of nitrogens with two attached hydrogens (primary N) is 1. The van der Waals surface area contributed by atoms with Gasteiger partial charge in [-0.1, -0.05) is 30.3 Å². The average molecular weight is 336 g/mol. The van der Waals surface area contributed by atoms with E-state index in [1.165, 1.54) is 12.1 Å². The summed E-state index contributed by atoms with van der Waals surface area (Å²) in [7, 11) is 0. The molecule has 0 radical (unpaired) electrons. The number of rotatable bonds is 3. The van der Waals surface area contributed by atoms with Crippen LogP contribution in [0.3, 0.4) is 0 Å². The van der Waals surface area contributed by atoms with E-state index in [4.69, 9.17) is 15.9 Å². The van der Waals surface area contributed by atoms with E-state index in [9.17, 15) is 4.79 Å². The van der Waals surface area contributed by atoms with Gasteiger partial charge < -0.3 is 21.3 Å². The Hall–Kier alpha value is -3.47. The molecule has 0 atom stereocenters. The van der Waals surface area contributed by atoms with E-state index in [2.05, 4.69) is 5.32 Å². The Labute approximate surface area is 146 Å². The molecule has 0 spiro atoms. The number of aromatic hydroxyl groups is 2. The molecule has 0 aliphatic carbocycles. The van der Waals surface area contributed by atoms with E-state index in [0.717, 1.165) is 5.56 Å². The first-order chi connectivity index (χ1) is 12.0. The molecule has 3 aromatic carbocycles. The van der Waals surface area contributed by atoms with Gasteiger partial charge in [0, 0.05) is 11.4 Å². The second-order valence-corrected chi connectivity index (χ2v) is 5.35. The zero-order valence-electron chi connectivity index (χ0n) is 13.6. The van der Waals surface area contributed by atoms with Crippen molar-refractivity contribution in [3.05, 3.63) is 84.4 Å². The number of nitrogen functional groups attached to an aromatic ring is 1. The van der Waals surface area contributed by atoms with Gasteiger partial charge in [-0.15, -0.1) is 0 Å². The molecule has 0 aromatic heterocycles. The highest BCUT2D eigenvalue weighted by molar-refractivity contribution is 5.92. The van der Waals surface area contributed by atoms with Crippen LogP contribution in [0.25, 0.3) is 0 Å². The summed E-state index contributed by atoms with van der Waals surface area (Å²) in [6.07, 6.45) is 0.349. The fourth-order valence-electron chi connectivity index (χ4n) is 2.01. The zero-order valence-corrected chi connectivity index (χ0v) is 13.6. The molecule has 5 heteroatoms. The lowest BCUT2D eigenvalue weighted by atomic mass is 10.1. The summed E-state index contributed by atoms with van der Waals surface area (Å²) < 4.78 is 0. The monoisotopic (exact) mass is 336 g/mol. The minimum Gasteiger partial charge on any atom is -0.508 e. The maximum absolute atomic E-state index is 11.7. The summed E-state index contributed by atoms with van der Waals surface area (Å²) in [5.41, 5.74) is 7.64. The van der Waals surface area contributed by atoms with Crippen LogP contribution >= 0.6 is 0 Å². The average Bonchev–Trinajstić information content (AvgIpc) is 2.61. The smallest absolute Gasteiger partial charge is 0.228 e. The number of benzene rings is 3. The molecule has 0 heterocycles. The van der Waals surface area contributed by atoms with Crippen molar-refractivity contribution in [1.82, 2.24) is 0 Å². The molecule has 5 N–H and O–H groups in total. The van der Waals surface area contributed by atoms with Crippen LogP contribution in [0.15, 0.2) is 78.9 Å². The number of carbonyl (C=O) groups is 1. The fraction of sp³-hybridized carbons (Fsp3) is 0.0500. The first-order valence-electron chi connectivity index (χ1n) is 7.70. The first-order valence-corrected chi connectivity index (χ1v) is 7.70. The van der Waals surface area contributed by atoms with Gasteiger partial charge in [0.15, 0.2) is 0 Å². The van der Waals surface area contributed by atoms with Gasteiger partial charge >= 0.3 is 0 Å². The second-order valence-electron chi connectivity index (χ2n) is 5.35. The summed E-state index contributed by atoms with van der Waals surface area (Å²) >= 11 is 0. The molecule has 5 nitrogen and oxygen atoms in total. The van der Waals surface area contributed by atoms with Gasteiger partial charge in [-0.25, -0.2) is 0 Å². The number of carbonyl (C=O) groups excluding carboxylic acids is 1. The number of hydrogen-bond donors (Lipinski definition) is 4. The molecule has 25 heavy (non-hydrogen) atoms. The lowest BCUT2D eigenvalue weighted by Gasteiger charge is -2.05. The Balaban J connectivity index is 0.000000236. The van der Waals surface area contributed by atoms with Crippen LogP contribution < -0.4 is 11.1 Å². The number of hydrogen-bond acceptors (Lipinski definition) is 4. The third kappa shape index (κ3) is 6.66. The molecule has 0 fully saturated rings. The maximum atomic E-state index is 11.7. The number of anilines is 2. The second kappa shape index (κ2) is 8.98. The van der Waals surface area contributed by atoms with Crippen molar-refractivity contribution in [2.75, 3.05) is 11.1 Å². The van der Waals surface area contributed by atoms with Gasteiger partial charge in [-0.2, -0.15) is 0 Å². The van der Waals surface area contributed by atoms with E-state index < -0.39 is 0 Å². The van der Waals surface area contributed by atoms with Crippen LogP contribution in [-0.2, 0) is 11.2 Å². The number of amides is 1. The molecule has 0 saturated carbocycles. The summed E-state index contributed by atoms with van der Waals surface area (Å²) in [4.78, 5) is 11.7. The highest BCUT2D eigenvalue weighted by Gasteiger charge is 2.03. The summed E-state index contributed by atoms with van der Waals surface area (Å²) in [5, 5.41) is 20.6. The van der Waals surface area contributed by atoms with Crippen molar-refractivity contribution in [1.29, 1.82) is 0 Å². The fourth-order valence-corrected chi connectivity index (χ4v) is 2.01. The Morgan fingerprint density at radius 1 is 0.800 bits per heavy atom. The van der Waals surface area contributed by atoms with E-state index >= 15 is 0 Å². The van der Waals surface area contributed by atoms with Gasteiger partial charge in [0.05, 0.1) is 6.42 Å². The van der Waals surface area contributed by atoms with Crippen molar-refractivity contribution in [2.45, 2.75) is 6.42 Å². The Kier molecular flexibility index (Phi) is 6.42. The molecule has 128 valence electrons. The minimum absolute atomic E-state index is 0.0677. The van der Waals surface area contributed by atoms with E-state index in [0.29, 0.717) is 17.8 Å². The van der Waals surface area contributed by atoms with Crippen molar-refractivity contribution in [3.8, 4) is 11.5 Å². The molecular formula is C20H20N2O3. The standard InChI is InChI=1S/C14H13NO2.C6H7NO/c16-13-8-6-12(7-9-13)15-14(17)10-11-4-2-1-3-5-11;7-5-1-3-6(8)4-2-5/h1-9,16H,10H2,(H,15,17);1-4,8H,7H2. The molecule has 0 bridgehead atoms. The molecule has 1 amide bonds. The van der Waals surface area contributed by atoms with E-state index in [1.54, 1.807) is 36.4 Å². The normalized spacial score (nSPS) is 9.60. The molecule has 0 aliphatic rings. The van der Waals surface area contributed by atoms with Gasteiger partial charge in [0.1, 0.15) is 11.5 Å². The number of nitrogens with one attached hydrogen (secondary N) is 1. The van der Waals surface area contributed by atoms with Crippen LogP contribution in [0.2, 0.25) is 0 Å². The Morgan fingerprint density at radius 2 is 1.32 bits per heavy atom. The van der Waals surface area contributed by atoms with E-state index in [-0.39, 0.29) is 17.4 Å². The van der Waals surface area contributed by atoms with Crippen molar-refractivity contribution < 1.29 is 15.0 Å². The van der Waals surface area contributed by atoms with Crippen LogP contribution in [0.4, 0.5) is 11.4 Å². The van der Waals surface area contributed by atoms with Crippen LogP contribution in [-0.4, -0.2) is 16.1 Å². The summed E-state index contributed by atoms with van der Waals surface area (Å²) in [6, 6.07) is 22.4. The molecule has 0 unspecified atom stereocenters. The first kappa shape index (κ1) is 17.9. The quantitative estimate of drug-likeness (QED) is 0.434. The van der Waals surface area contributed by atoms with Crippen LogP contribution in [0.5, 0.6) is 11.5 Å². The predicted octanol–water partition coefficient (Wildman–Crippen LogP) is 3.55. The van der Waals surface area contributed by atoms with E-state index in [1.807, 2.05) is 30.3 Å². The van der Waals surface area contributed by atoms with Gasteiger partial charge in [0.25, 0.3) is 0 Å². The van der Waals surface area contributed by atoms with Gasteiger partial charge in [-0.05, 0) is 54.1 Å². The van der Waals surface area contributed by atoms with Crippen LogP contribution in [0.1, 0.15) is 5.56 Å². The highest BCUT2D eigenvalue weighted by Crippen LogP contribution is 2.14. The maximum Gasteiger partial charge on any atom is 0.228 e. The Bertz CT molecular complexity index is 764. The molecule has 3 rings (SSSR count). The largest absolute Gasteiger partial charge is 0.508 e. The third-order valence-corrected chi connectivity index (χ3v) is 3.25. The molecular weight excluding hydrogens is 316 g/mol. The predicted molar refractivity (Wildman–Crippen MR) is 99.4 cm³/mol. The topological polar surface area (TPSA) is 95.6 Å². The molecule has 0 saturated heterocycles. The highest BCUT2D eigenvalue weighted by atomic mass is 16.3. The van der Waals surface area contributed by atoms with Gasteiger partial charge in [0.2, 0.25) is 5.91 Å². The number of phenols is 2. The summed E-state index contributed by atoms with van der Waals surface area (Å²) in [5.74, 6) is 0.368. The third-order valence-electron chi connectivity index (χ3n) is 3.25. The van der Waals surface area contributed by atoms with Crippen molar-refractivity contribution in [2.24, 2.45) is 0 Å². The molecule has 3 aromatic rings.